The molecule has 2 aromatic rings. The van der Waals surface area contributed by atoms with Crippen LogP contribution in [0.5, 0.6) is 5.75 Å². The summed E-state index contributed by atoms with van der Waals surface area (Å²) in [7, 11) is 0. The van der Waals surface area contributed by atoms with E-state index in [0.29, 0.717) is 18.1 Å². The van der Waals surface area contributed by atoms with Gasteiger partial charge < -0.3 is 10.1 Å². The van der Waals surface area contributed by atoms with Gasteiger partial charge in [-0.2, -0.15) is 0 Å². The summed E-state index contributed by atoms with van der Waals surface area (Å²) in [5, 5.41) is 3.71. The molecule has 1 saturated heterocycles. The molecule has 1 aliphatic rings. The van der Waals surface area contributed by atoms with Crippen LogP contribution in [0, 0.1) is 5.92 Å². The molecule has 1 fully saturated rings. The number of hydrogen-bond acceptors (Lipinski definition) is 4. The number of ether oxygens (including phenoxy) is 1. The van der Waals surface area contributed by atoms with E-state index in [1.165, 1.54) is 0 Å². The van der Waals surface area contributed by atoms with Crippen LogP contribution in [0.25, 0.3) is 0 Å². The Bertz CT molecular complexity index is 732. The summed E-state index contributed by atoms with van der Waals surface area (Å²) >= 11 is 5.95. The van der Waals surface area contributed by atoms with Crippen LogP contribution in [-0.4, -0.2) is 18.6 Å². The second-order valence-corrected chi connectivity index (χ2v) is 7.13. The minimum Gasteiger partial charge on any atom is -0.491 e. The molecule has 3 rings (SSSR count). The van der Waals surface area contributed by atoms with Crippen LogP contribution < -0.4 is 20.9 Å². The third kappa shape index (κ3) is 4.75. The van der Waals surface area contributed by atoms with Gasteiger partial charge in [0.15, 0.2) is 0 Å². The molecule has 1 heterocycles. The Morgan fingerprint density at radius 3 is 2.54 bits per heavy atom. The maximum Gasteiger partial charge on any atom is 0.226 e. The molecule has 0 radical (unpaired) electrons. The summed E-state index contributed by atoms with van der Waals surface area (Å²) in [5.41, 5.74) is 8.33. The normalized spacial score (nSPS) is 19.5. The van der Waals surface area contributed by atoms with E-state index in [0.717, 1.165) is 16.9 Å². The van der Waals surface area contributed by atoms with Crippen molar-refractivity contribution in [3.63, 3.8) is 0 Å². The summed E-state index contributed by atoms with van der Waals surface area (Å²) in [6, 6.07) is 15.3. The van der Waals surface area contributed by atoms with Gasteiger partial charge in [0.05, 0.1) is 18.1 Å². The predicted molar refractivity (Wildman–Crippen MR) is 103 cm³/mol. The summed E-state index contributed by atoms with van der Waals surface area (Å²) in [6.45, 7) is 5.06. The summed E-state index contributed by atoms with van der Waals surface area (Å²) < 4.78 is 5.63. The first-order chi connectivity index (χ1) is 12.5. The zero-order valence-electron chi connectivity index (χ0n) is 15.0. The van der Waals surface area contributed by atoms with Gasteiger partial charge in [-0.1, -0.05) is 35.9 Å². The SMILES string of the molecule is CC(C)Oc1ccc(CNC(=O)C2CNNC2c2ccc(Cl)cc2)cc1. The summed E-state index contributed by atoms with van der Waals surface area (Å²) in [6.07, 6.45) is 0.146. The highest BCUT2D eigenvalue weighted by atomic mass is 35.5. The van der Waals surface area contributed by atoms with Crippen molar-refractivity contribution in [2.75, 3.05) is 6.54 Å². The fraction of sp³-hybridized carbons (Fsp3) is 0.350. The van der Waals surface area contributed by atoms with Gasteiger partial charge in [-0.25, -0.2) is 5.43 Å². The van der Waals surface area contributed by atoms with E-state index in [2.05, 4.69) is 16.2 Å². The Labute approximate surface area is 159 Å². The van der Waals surface area contributed by atoms with Crippen molar-refractivity contribution in [2.24, 2.45) is 5.92 Å². The quantitative estimate of drug-likeness (QED) is 0.727. The summed E-state index contributed by atoms with van der Waals surface area (Å²) in [5.74, 6) is 0.673. The molecule has 0 saturated carbocycles. The Hall–Kier alpha value is -2.08. The molecule has 26 heavy (non-hydrogen) atoms. The number of carbonyl (C=O) groups excluding carboxylic acids is 1. The van der Waals surface area contributed by atoms with Gasteiger partial charge in [-0.05, 0) is 49.2 Å². The van der Waals surface area contributed by atoms with Crippen molar-refractivity contribution in [3.8, 4) is 5.75 Å². The van der Waals surface area contributed by atoms with Gasteiger partial charge in [-0.15, -0.1) is 0 Å². The molecule has 6 heteroatoms. The lowest BCUT2D eigenvalue weighted by Gasteiger charge is -2.18. The van der Waals surface area contributed by atoms with Gasteiger partial charge >= 0.3 is 0 Å². The van der Waals surface area contributed by atoms with Crippen LogP contribution in [0.4, 0.5) is 0 Å². The van der Waals surface area contributed by atoms with Crippen LogP contribution in [0.15, 0.2) is 48.5 Å². The second-order valence-electron chi connectivity index (χ2n) is 6.69. The topological polar surface area (TPSA) is 62.4 Å². The molecule has 0 bridgehead atoms. The Morgan fingerprint density at radius 2 is 1.88 bits per heavy atom. The van der Waals surface area contributed by atoms with Crippen LogP contribution >= 0.6 is 11.6 Å². The first-order valence-electron chi connectivity index (χ1n) is 8.80. The zero-order valence-corrected chi connectivity index (χ0v) is 15.7. The highest BCUT2D eigenvalue weighted by molar-refractivity contribution is 6.30. The van der Waals surface area contributed by atoms with Crippen molar-refractivity contribution in [1.82, 2.24) is 16.2 Å². The smallest absolute Gasteiger partial charge is 0.226 e. The number of rotatable bonds is 6. The van der Waals surface area contributed by atoms with E-state index >= 15 is 0 Å². The molecule has 5 nitrogen and oxygen atoms in total. The number of hydrogen-bond donors (Lipinski definition) is 3. The molecule has 2 aromatic carbocycles. The molecule has 3 N–H and O–H groups in total. The minimum atomic E-state index is -0.181. The highest BCUT2D eigenvalue weighted by Crippen LogP contribution is 2.26. The molecule has 2 unspecified atom stereocenters. The minimum absolute atomic E-state index is 0.0185. The fourth-order valence-electron chi connectivity index (χ4n) is 3.01. The van der Waals surface area contributed by atoms with E-state index in [-0.39, 0.29) is 24.0 Å². The molecule has 2 atom stereocenters. The molecular formula is C20H24ClN3O2. The van der Waals surface area contributed by atoms with Crippen molar-refractivity contribution in [2.45, 2.75) is 32.5 Å². The van der Waals surface area contributed by atoms with Gasteiger partial charge in [0.25, 0.3) is 0 Å². The number of benzene rings is 2. The fourth-order valence-corrected chi connectivity index (χ4v) is 3.13. The van der Waals surface area contributed by atoms with Crippen LogP contribution in [0.2, 0.25) is 5.02 Å². The molecule has 1 aliphatic heterocycles. The Morgan fingerprint density at radius 1 is 1.19 bits per heavy atom. The van der Waals surface area contributed by atoms with Crippen molar-refractivity contribution >= 4 is 17.5 Å². The van der Waals surface area contributed by atoms with E-state index < -0.39 is 0 Å². The average molecular weight is 374 g/mol. The van der Waals surface area contributed by atoms with Crippen molar-refractivity contribution in [1.29, 1.82) is 0 Å². The second kappa shape index (κ2) is 8.54. The summed E-state index contributed by atoms with van der Waals surface area (Å²) in [4.78, 5) is 12.6. The molecule has 0 aliphatic carbocycles. The molecule has 1 amide bonds. The monoisotopic (exact) mass is 373 g/mol. The maximum atomic E-state index is 12.6. The maximum absolute atomic E-state index is 12.6. The van der Waals surface area contributed by atoms with Gasteiger partial charge in [-0.3, -0.25) is 10.2 Å². The Kier molecular flexibility index (Phi) is 6.14. The van der Waals surface area contributed by atoms with E-state index in [9.17, 15) is 4.79 Å². The first kappa shape index (κ1) is 18.7. The first-order valence-corrected chi connectivity index (χ1v) is 9.18. The van der Waals surface area contributed by atoms with E-state index in [1.807, 2.05) is 62.4 Å². The van der Waals surface area contributed by atoms with Crippen LogP contribution in [0.1, 0.15) is 31.0 Å². The number of halogens is 1. The number of amides is 1. The molecule has 0 spiro atoms. The Balaban J connectivity index is 1.58. The van der Waals surface area contributed by atoms with Gasteiger partial charge in [0.1, 0.15) is 5.75 Å². The predicted octanol–water partition coefficient (Wildman–Crippen LogP) is 3.21. The number of hydrazine groups is 1. The lowest BCUT2D eigenvalue weighted by atomic mass is 9.94. The number of carbonyl (C=O) groups is 1. The van der Waals surface area contributed by atoms with Crippen LogP contribution in [0.3, 0.4) is 0 Å². The molecule has 138 valence electrons. The van der Waals surface area contributed by atoms with Crippen molar-refractivity contribution < 1.29 is 9.53 Å². The number of nitrogens with one attached hydrogen (secondary N) is 3. The average Bonchev–Trinajstić information content (AvgIpc) is 3.11. The lowest BCUT2D eigenvalue weighted by molar-refractivity contribution is -0.125. The van der Waals surface area contributed by atoms with E-state index in [1.54, 1.807) is 0 Å². The lowest BCUT2D eigenvalue weighted by Crippen LogP contribution is -2.34. The third-order valence-corrected chi connectivity index (χ3v) is 4.56. The largest absolute Gasteiger partial charge is 0.491 e. The van der Waals surface area contributed by atoms with E-state index in [4.69, 9.17) is 16.3 Å². The molecular weight excluding hydrogens is 350 g/mol. The molecule has 0 aromatic heterocycles. The zero-order chi connectivity index (χ0) is 18.5. The standard InChI is InChI=1S/C20H24ClN3O2/c1-13(2)26-17-9-3-14(4-10-17)11-22-20(25)18-12-23-24-19(18)15-5-7-16(21)8-6-15/h3-10,13,18-19,23-24H,11-12H2,1-2H3,(H,22,25). The van der Waals surface area contributed by atoms with Gasteiger partial charge in [0.2, 0.25) is 5.91 Å². The third-order valence-electron chi connectivity index (χ3n) is 4.31. The van der Waals surface area contributed by atoms with Gasteiger partial charge in [0, 0.05) is 18.1 Å². The highest BCUT2D eigenvalue weighted by Gasteiger charge is 2.33. The van der Waals surface area contributed by atoms with Crippen LogP contribution in [-0.2, 0) is 11.3 Å². The van der Waals surface area contributed by atoms with Crippen molar-refractivity contribution in [3.05, 3.63) is 64.7 Å².